The van der Waals surface area contributed by atoms with Gasteiger partial charge in [-0.2, -0.15) is 0 Å². The number of halogens is 3. The summed E-state index contributed by atoms with van der Waals surface area (Å²) in [6, 6.07) is 17.1. The normalized spacial score (nSPS) is 11.1. The van der Waals surface area contributed by atoms with Crippen molar-refractivity contribution in [1.82, 2.24) is 5.32 Å². The Morgan fingerprint density at radius 1 is 0.821 bits per heavy atom. The third-order valence-electron chi connectivity index (χ3n) is 5.59. The molecular weight excluding hydrogens is 550 g/mol. The number of urea groups is 1. The van der Waals surface area contributed by atoms with Gasteiger partial charge in [-0.15, -0.1) is 0 Å². The zero-order chi connectivity index (χ0) is 28.3. The topological polar surface area (TPSA) is 102 Å². The minimum Gasteiger partial charge on any atom is -0.457 e. The number of carbonyl (C=O) groups is 2. The van der Waals surface area contributed by atoms with Crippen molar-refractivity contribution in [1.29, 1.82) is 0 Å². The van der Waals surface area contributed by atoms with Crippen LogP contribution in [-0.2, 0) is 9.84 Å². The molecular formula is C28H21ClF2N2O5S. The van der Waals surface area contributed by atoms with Crippen LogP contribution in [0.25, 0.3) is 0 Å². The number of sulfone groups is 1. The second-order valence-electron chi connectivity index (χ2n) is 8.47. The van der Waals surface area contributed by atoms with Crippen LogP contribution < -0.4 is 15.4 Å². The van der Waals surface area contributed by atoms with Crippen molar-refractivity contribution in [2.45, 2.75) is 23.6 Å². The van der Waals surface area contributed by atoms with Crippen LogP contribution in [-0.4, -0.2) is 20.4 Å². The summed E-state index contributed by atoms with van der Waals surface area (Å²) in [5.41, 5.74) is 0.393. The van der Waals surface area contributed by atoms with Gasteiger partial charge in [0.05, 0.1) is 9.79 Å². The van der Waals surface area contributed by atoms with Crippen LogP contribution in [0.15, 0.2) is 88.7 Å². The smallest absolute Gasteiger partial charge is 0.326 e. The third kappa shape index (κ3) is 6.24. The average Bonchev–Trinajstić information content (AvgIpc) is 2.85. The molecule has 3 amide bonds. The van der Waals surface area contributed by atoms with Crippen molar-refractivity contribution >= 4 is 39.1 Å². The molecule has 0 spiro atoms. The Hall–Kier alpha value is -4.28. The molecule has 2 N–H and O–H groups in total. The van der Waals surface area contributed by atoms with E-state index in [1.165, 1.54) is 48.5 Å². The van der Waals surface area contributed by atoms with Gasteiger partial charge >= 0.3 is 6.03 Å². The fourth-order valence-electron chi connectivity index (χ4n) is 3.91. The molecule has 4 aromatic rings. The Morgan fingerprint density at radius 3 is 1.95 bits per heavy atom. The van der Waals surface area contributed by atoms with Gasteiger partial charge < -0.3 is 10.1 Å². The molecule has 0 saturated heterocycles. The van der Waals surface area contributed by atoms with Crippen molar-refractivity contribution < 1.29 is 31.5 Å². The molecule has 0 radical (unpaired) electrons. The summed E-state index contributed by atoms with van der Waals surface area (Å²) < 4.78 is 59.7. The summed E-state index contributed by atoms with van der Waals surface area (Å²) in [4.78, 5) is 24.5. The summed E-state index contributed by atoms with van der Waals surface area (Å²) in [7, 11) is -3.78. The third-order valence-corrected chi connectivity index (χ3v) is 7.92. The molecule has 0 bridgehead atoms. The molecule has 200 valence electrons. The molecule has 0 saturated carbocycles. The van der Waals surface area contributed by atoms with E-state index in [2.05, 4.69) is 5.32 Å². The zero-order valence-electron chi connectivity index (χ0n) is 20.6. The maximum Gasteiger partial charge on any atom is 0.326 e. The van der Waals surface area contributed by atoms with Crippen LogP contribution in [0, 0.1) is 25.5 Å². The molecule has 4 aromatic carbocycles. The highest BCUT2D eigenvalue weighted by atomic mass is 35.5. The van der Waals surface area contributed by atoms with Crippen molar-refractivity contribution in [2.24, 2.45) is 0 Å². The molecule has 0 atom stereocenters. The molecule has 0 aliphatic carbocycles. The van der Waals surface area contributed by atoms with Crippen LogP contribution in [0.3, 0.4) is 0 Å². The molecule has 0 fully saturated rings. The van der Waals surface area contributed by atoms with Gasteiger partial charge in [0, 0.05) is 10.7 Å². The molecule has 0 heterocycles. The van der Waals surface area contributed by atoms with Crippen LogP contribution in [0.5, 0.6) is 11.5 Å². The number of imide groups is 1. The number of ether oxygens (including phenoxy) is 1. The lowest BCUT2D eigenvalue weighted by Gasteiger charge is -2.14. The fraction of sp³-hybridized carbons (Fsp3) is 0.0714. The molecule has 0 unspecified atom stereocenters. The van der Waals surface area contributed by atoms with E-state index >= 15 is 0 Å². The average molecular weight is 571 g/mol. The van der Waals surface area contributed by atoms with Gasteiger partial charge in [-0.25, -0.2) is 22.0 Å². The minimum absolute atomic E-state index is 0.125. The highest BCUT2D eigenvalue weighted by molar-refractivity contribution is 7.91. The summed E-state index contributed by atoms with van der Waals surface area (Å²) in [5, 5.41) is 4.69. The monoisotopic (exact) mass is 570 g/mol. The van der Waals surface area contributed by atoms with Crippen molar-refractivity contribution in [2.75, 3.05) is 5.32 Å². The highest BCUT2D eigenvalue weighted by Gasteiger charge is 2.23. The van der Waals surface area contributed by atoms with Crippen molar-refractivity contribution in [3.63, 3.8) is 0 Å². The second-order valence-corrected chi connectivity index (χ2v) is 10.8. The predicted octanol–water partition coefficient (Wildman–Crippen LogP) is 6.82. The van der Waals surface area contributed by atoms with Gasteiger partial charge in [0.1, 0.15) is 28.7 Å². The van der Waals surface area contributed by atoms with E-state index in [1.807, 2.05) is 5.32 Å². The maximum absolute atomic E-state index is 13.7. The Labute approximate surface area is 228 Å². The van der Waals surface area contributed by atoms with Gasteiger partial charge in [0.15, 0.2) is 0 Å². The summed E-state index contributed by atoms with van der Waals surface area (Å²) in [6.45, 7) is 3.34. The highest BCUT2D eigenvalue weighted by Crippen LogP contribution is 2.33. The van der Waals surface area contributed by atoms with Crippen molar-refractivity contribution in [3.05, 3.63) is 112 Å². The first-order valence-electron chi connectivity index (χ1n) is 11.4. The zero-order valence-corrected chi connectivity index (χ0v) is 22.2. The van der Waals surface area contributed by atoms with E-state index in [9.17, 15) is 26.8 Å². The van der Waals surface area contributed by atoms with E-state index in [0.717, 1.165) is 18.2 Å². The lowest BCUT2D eigenvalue weighted by atomic mass is 10.1. The largest absolute Gasteiger partial charge is 0.457 e. The first-order chi connectivity index (χ1) is 18.5. The predicted molar refractivity (Wildman–Crippen MR) is 142 cm³/mol. The number of hydrogen-bond donors (Lipinski definition) is 2. The van der Waals surface area contributed by atoms with Gasteiger partial charge in [-0.3, -0.25) is 10.1 Å². The molecule has 0 aromatic heterocycles. The number of rotatable bonds is 6. The number of anilines is 1. The lowest BCUT2D eigenvalue weighted by molar-refractivity contribution is 0.0959. The van der Waals surface area contributed by atoms with Crippen LogP contribution >= 0.6 is 11.6 Å². The van der Waals surface area contributed by atoms with Crippen LogP contribution in [0.1, 0.15) is 21.5 Å². The Bertz CT molecular complexity index is 1630. The van der Waals surface area contributed by atoms with Crippen molar-refractivity contribution in [3.8, 4) is 11.5 Å². The molecule has 0 aliphatic heterocycles. The van der Waals surface area contributed by atoms with E-state index in [1.54, 1.807) is 26.0 Å². The Morgan fingerprint density at radius 2 is 1.38 bits per heavy atom. The number of nitrogens with one attached hydrogen (secondary N) is 2. The van der Waals surface area contributed by atoms with Crippen LogP contribution in [0.2, 0.25) is 5.02 Å². The van der Waals surface area contributed by atoms with Gasteiger partial charge in [-0.1, -0.05) is 17.7 Å². The fourth-order valence-corrected chi connectivity index (χ4v) is 5.73. The van der Waals surface area contributed by atoms with E-state index in [-0.39, 0.29) is 15.5 Å². The standard InChI is InChI=1S/C28H21ClF2N2O5S/c1-16-14-21(15-17(2)26(16)39(36,37)22-12-6-18(29)7-13-22)38-20-10-8-19(9-11-20)32-28(35)33-27(34)25-23(30)4-3-5-24(25)31/h3-15H,1-2H3,(H2,32,33,34,35). The number of amides is 3. The summed E-state index contributed by atoms with van der Waals surface area (Å²) in [5.74, 6) is -2.63. The molecule has 7 nitrogen and oxygen atoms in total. The Kier molecular flexibility index (Phi) is 7.98. The quantitative estimate of drug-likeness (QED) is 0.265. The number of hydrogen-bond acceptors (Lipinski definition) is 5. The summed E-state index contributed by atoms with van der Waals surface area (Å²) in [6.07, 6.45) is 0. The SMILES string of the molecule is Cc1cc(Oc2ccc(NC(=O)NC(=O)c3c(F)cccc3F)cc2)cc(C)c1S(=O)(=O)c1ccc(Cl)cc1. The minimum atomic E-state index is -3.78. The molecule has 0 aliphatic rings. The Balaban J connectivity index is 1.44. The van der Waals surface area contributed by atoms with Crippen LogP contribution in [0.4, 0.5) is 19.3 Å². The first-order valence-corrected chi connectivity index (χ1v) is 13.3. The van der Waals surface area contributed by atoms with Gasteiger partial charge in [-0.05, 0) is 97.8 Å². The number of carbonyl (C=O) groups excluding carboxylic acids is 2. The number of benzene rings is 4. The van der Waals surface area contributed by atoms with E-state index in [0.29, 0.717) is 27.6 Å². The van der Waals surface area contributed by atoms with E-state index in [4.69, 9.17) is 16.3 Å². The van der Waals surface area contributed by atoms with E-state index < -0.39 is 39.0 Å². The molecule has 11 heteroatoms. The van der Waals surface area contributed by atoms with Gasteiger partial charge in [0.2, 0.25) is 9.84 Å². The lowest BCUT2D eigenvalue weighted by Crippen LogP contribution is -2.35. The summed E-state index contributed by atoms with van der Waals surface area (Å²) >= 11 is 5.88. The molecule has 39 heavy (non-hydrogen) atoms. The second kappa shape index (κ2) is 11.2. The molecule has 4 rings (SSSR count). The van der Waals surface area contributed by atoms with Gasteiger partial charge in [0.25, 0.3) is 5.91 Å². The maximum atomic E-state index is 13.7. The first kappa shape index (κ1) is 27.7. The number of aryl methyl sites for hydroxylation is 2.